The third kappa shape index (κ3) is 14.8. The lowest BCUT2D eigenvalue weighted by Gasteiger charge is -2.08. The zero-order valence-corrected chi connectivity index (χ0v) is 24.6. The summed E-state index contributed by atoms with van der Waals surface area (Å²) in [6.45, 7) is 5.77. The molecule has 0 amide bonds. The van der Waals surface area contributed by atoms with Crippen LogP contribution in [0, 0.1) is 0 Å². The molecule has 0 atom stereocenters. The van der Waals surface area contributed by atoms with Crippen LogP contribution in [0.1, 0.15) is 133 Å². The van der Waals surface area contributed by atoms with Gasteiger partial charge in [-0.2, -0.15) is 0 Å². The van der Waals surface area contributed by atoms with E-state index in [1.54, 1.807) is 36.4 Å². The third-order valence-electron chi connectivity index (χ3n) is 7.09. The fraction of sp³-hybridized carbons (Fsp3) is 0.571. The van der Waals surface area contributed by atoms with Gasteiger partial charge < -0.3 is 14.6 Å². The van der Waals surface area contributed by atoms with Crippen molar-refractivity contribution in [2.45, 2.75) is 117 Å². The normalized spacial score (nSPS) is 11.5. The van der Waals surface area contributed by atoms with E-state index < -0.39 is 0 Å². The van der Waals surface area contributed by atoms with Crippen molar-refractivity contribution in [1.82, 2.24) is 0 Å². The molecule has 0 aromatic heterocycles. The first kappa shape index (κ1) is 32.5. The second-order valence-electron chi connectivity index (χ2n) is 10.6. The molecule has 0 spiro atoms. The van der Waals surface area contributed by atoms with E-state index in [-0.39, 0.29) is 11.5 Å². The molecule has 0 aliphatic carbocycles. The van der Waals surface area contributed by atoms with Crippen molar-refractivity contribution < 1.29 is 19.4 Å². The Balaban J connectivity index is 1.56. The molecule has 4 nitrogen and oxygen atoms in total. The lowest BCUT2D eigenvalue weighted by molar-refractivity contribution is 0.104. The van der Waals surface area contributed by atoms with Crippen molar-refractivity contribution in [3.05, 3.63) is 65.7 Å². The number of rotatable bonds is 23. The molecule has 2 aromatic rings. The van der Waals surface area contributed by atoms with Crippen molar-refractivity contribution >= 4 is 11.5 Å². The maximum Gasteiger partial charge on any atom is 0.189 e. The Bertz CT molecular complexity index is 915. The highest BCUT2D eigenvalue weighted by atomic mass is 16.5. The number of aliphatic hydroxyl groups excluding tert-OH is 1. The second kappa shape index (κ2) is 21.1. The number of unbranched alkanes of at least 4 members (excludes halogenated alkanes) is 14. The quantitative estimate of drug-likeness (QED) is 0.0664. The van der Waals surface area contributed by atoms with Gasteiger partial charge in [0.25, 0.3) is 0 Å². The summed E-state index contributed by atoms with van der Waals surface area (Å²) in [5, 5.41) is 10.4. The van der Waals surface area contributed by atoms with E-state index in [9.17, 15) is 9.90 Å². The molecule has 216 valence electrons. The molecule has 0 aliphatic rings. The van der Waals surface area contributed by atoms with Gasteiger partial charge in [-0.25, -0.2) is 0 Å². The Labute approximate surface area is 237 Å². The fourth-order valence-corrected chi connectivity index (χ4v) is 4.55. The zero-order valence-electron chi connectivity index (χ0n) is 24.6. The van der Waals surface area contributed by atoms with Crippen LogP contribution in [0.25, 0.3) is 5.76 Å². The average Bonchev–Trinajstić information content (AvgIpc) is 2.96. The molecule has 0 unspecified atom stereocenters. The molecule has 39 heavy (non-hydrogen) atoms. The van der Waals surface area contributed by atoms with Crippen LogP contribution in [0.3, 0.4) is 0 Å². The maximum absolute atomic E-state index is 12.5. The number of carbonyl (C=O) groups excluding carboxylic acids is 1. The van der Waals surface area contributed by atoms with E-state index in [0.717, 1.165) is 30.8 Å². The zero-order chi connectivity index (χ0) is 28.0. The molecular formula is C35H52O4. The molecule has 0 radical (unpaired) electrons. The van der Waals surface area contributed by atoms with E-state index in [2.05, 4.69) is 13.8 Å². The van der Waals surface area contributed by atoms with Crippen molar-refractivity contribution in [3.8, 4) is 11.5 Å². The first-order chi connectivity index (χ1) is 19.1. The number of allylic oxidation sites excluding steroid dienone is 1. The van der Waals surface area contributed by atoms with Crippen LogP contribution >= 0.6 is 0 Å². The van der Waals surface area contributed by atoms with Crippen LogP contribution in [-0.4, -0.2) is 24.1 Å². The lowest BCUT2D eigenvalue weighted by Crippen LogP contribution is -1.99. The van der Waals surface area contributed by atoms with Crippen molar-refractivity contribution in [1.29, 1.82) is 0 Å². The van der Waals surface area contributed by atoms with E-state index in [1.807, 2.05) is 12.1 Å². The van der Waals surface area contributed by atoms with Gasteiger partial charge in [0.1, 0.15) is 17.3 Å². The van der Waals surface area contributed by atoms with Crippen molar-refractivity contribution in [2.24, 2.45) is 0 Å². The molecule has 0 heterocycles. The maximum atomic E-state index is 12.5. The number of hydrogen-bond acceptors (Lipinski definition) is 4. The first-order valence-electron chi connectivity index (χ1n) is 15.5. The fourth-order valence-electron chi connectivity index (χ4n) is 4.55. The summed E-state index contributed by atoms with van der Waals surface area (Å²) in [6.07, 6.45) is 22.2. The molecule has 1 N–H and O–H groups in total. The number of ketones is 1. The van der Waals surface area contributed by atoms with E-state index in [0.29, 0.717) is 24.3 Å². The van der Waals surface area contributed by atoms with Crippen LogP contribution in [0.2, 0.25) is 0 Å². The Kier molecular flexibility index (Phi) is 17.6. The van der Waals surface area contributed by atoms with Gasteiger partial charge in [-0.3, -0.25) is 4.79 Å². The monoisotopic (exact) mass is 536 g/mol. The van der Waals surface area contributed by atoms with Gasteiger partial charge in [0.05, 0.1) is 13.2 Å². The Morgan fingerprint density at radius 2 is 0.949 bits per heavy atom. The van der Waals surface area contributed by atoms with Gasteiger partial charge in [-0.1, -0.05) is 104 Å². The van der Waals surface area contributed by atoms with Gasteiger partial charge >= 0.3 is 0 Å². The Hall–Kier alpha value is -2.75. The number of carbonyl (C=O) groups is 1. The minimum absolute atomic E-state index is 0.0539. The molecule has 2 aromatic carbocycles. The largest absolute Gasteiger partial charge is 0.507 e. The summed E-state index contributed by atoms with van der Waals surface area (Å²) in [5.74, 6) is 1.23. The molecule has 0 bridgehead atoms. The van der Waals surface area contributed by atoms with Gasteiger partial charge in [-0.15, -0.1) is 0 Å². The highest BCUT2D eigenvalue weighted by molar-refractivity contribution is 6.07. The molecule has 0 aliphatic heterocycles. The van der Waals surface area contributed by atoms with Crippen LogP contribution in [-0.2, 0) is 0 Å². The van der Waals surface area contributed by atoms with Crippen LogP contribution < -0.4 is 9.47 Å². The minimum atomic E-state index is -0.245. The van der Waals surface area contributed by atoms with E-state index >= 15 is 0 Å². The predicted molar refractivity (Wildman–Crippen MR) is 164 cm³/mol. The molecule has 0 saturated carbocycles. The Morgan fingerprint density at radius 1 is 0.564 bits per heavy atom. The summed E-state index contributed by atoms with van der Waals surface area (Å²) in [7, 11) is 0. The highest BCUT2D eigenvalue weighted by Gasteiger charge is 2.07. The molecule has 4 heteroatoms. The first-order valence-corrected chi connectivity index (χ1v) is 15.5. The van der Waals surface area contributed by atoms with Crippen LogP contribution in [0.5, 0.6) is 11.5 Å². The molecular weight excluding hydrogens is 484 g/mol. The van der Waals surface area contributed by atoms with Gasteiger partial charge in [-0.05, 0) is 61.4 Å². The molecule has 0 fully saturated rings. The topological polar surface area (TPSA) is 55.8 Å². The second-order valence-corrected chi connectivity index (χ2v) is 10.6. The predicted octanol–water partition coefficient (Wildman–Crippen LogP) is 10.5. The van der Waals surface area contributed by atoms with Crippen molar-refractivity contribution in [3.63, 3.8) is 0 Å². The summed E-state index contributed by atoms with van der Waals surface area (Å²) in [6, 6.07) is 14.3. The smallest absolute Gasteiger partial charge is 0.189 e. The van der Waals surface area contributed by atoms with Gasteiger partial charge in [0, 0.05) is 17.2 Å². The molecule has 2 rings (SSSR count). The third-order valence-corrected chi connectivity index (χ3v) is 7.09. The lowest BCUT2D eigenvalue weighted by atomic mass is 10.0. The minimum Gasteiger partial charge on any atom is -0.507 e. The standard InChI is InChI=1S/C35H52O4/c1-3-5-7-8-9-10-11-12-13-14-15-16-17-18-28-39-33-25-21-31(22-26-33)35(37)29-34(36)30-19-23-32(24-20-30)38-27-6-4-2/h19-26,29,37H,3-18,27-28H2,1-2H3/b35-29-. The summed E-state index contributed by atoms with van der Waals surface area (Å²) in [4.78, 5) is 12.5. The summed E-state index contributed by atoms with van der Waals surface area (Å²) >= 11 is 0. The average molecular weight is 537 g/mol. The van der Waals surface area contributed by atoms with E-state index in [4.69, 9.17) is 9.47 Å². The Morgan fingerprint density at radius 3 is 1.41 bits per heavy atom. The van der Waals surface area contributed by atoms with Crippen LogP contribution in [0.4, 0.5) is 0 Å². The summed E-state index contributed by atoms with van der Waals surface area (Å²) in [5.41, 5.74) is 1.10. The highest BCUT2D eigenvalue weighted by Crippen LogP contribution is 2.20. The van der Waals surface area contributed by atoms with Gasteiger partial charge in [0.2, 0.25) is 0 Å². The van der Waals surface area contributed by atoms with E-state index in [1.165, 1.54) is 89.5 Å². The molecule has 0 saturated heterocycles. The number of benzene rings is 2. The summed E-state index contributed by atoms with van der Waals surface area (Å²) < 4.78 is 11.5. The number of hydrogen-bond donors (Lipinski definition) is 1. The number of ether oxygens (including phenoxy) is 2. The SMILES string of the molecule is CCCCCCCCCCCCCCCCOc1ccc(/C(O)=C/C(=O)c2ccc(OCCCC)cc2)cc1. The number of aliphatic hydroxyl groups is 1. The van der Waals surface area contributed by atoms with Gasteiger partial charge in [0.15, 0.2) is 5.78 Å². The van der Waals surface area contributed by atoms with Crippen LogP contribution in [0.15, 0.2) is 54.6 Å². The van der Waals surface area contributed by atoms with Crippen molar-refractivity contribution in [2.75, 3.05) is 13.2 Å².